The molecule has 0 aromatic heterocycles. The van der Waals surface area contributed by atoms with Crippen molar-refractivity contribution in [2.45, 2.75) is 31.9 Å². The van der Waals surface area contributed by atoms with Crippen LogP contribution in [0.5, 0.6) is 0 Å². The summed E-state index contributed by atoms with van der Waals surface area (Å²) < 4.78 is 5.51. The maximum Gasteiger partial charge on any atom is 0.0747 e. The molecule has 2 unspecified atom stereocenters. The highest BCUT2D eigenvalue weighted by atomic mass is 16.5. The number of ether oxygens (including phenoxy) is 1. The summed E-state index contributed by atoms with van der Waals surface area (Å²) >= 11 is 0. The van der Waals surface area contributed by atoms with E-state index in [2.05, 4.69) is 16.7 Å². The second kappa shape index (κ2) is 3.47. The van der Waals surface area contributed by atoms with Gasteiger partial charge in [-0.15, -0.1) is 11.8 Å². The lowest BCUT2D eigenvalue weighted by atomic mass is 10.3. The molecule has 1 heterocycles. The van der Waals surface area contributed by atoms with Crippen molar-refractivity contribution in [1.29, 1.82) is 0 Å². The summed E-state index contributed by atoms with van der Waals surface area (Å²) in [6.45, 7) is 5.05. The van der Waals surface area contributed by atoms with E-state index in [4.69, 9.17) is 4.74 Å². The van der Waals surface area contributed by atoms with Crippen LogP contribution < -0.4 is 0 Å². The summed E-state index contributed by atoms with van der Waals surface area (Å²) in [5.41, 5.74) is 0. The summed E-state index contributed by atoms with van der Waals surface area (Å²) in [6.07, 6.45) is 2.83. The molecule has 0 N–H and O–H groups in total. The number of hydrogen-bond acceptors (Lipinski definition) is 2. The SMILES string of the molecule is CC#CCCN1CCOC2CC21. The van der Waals surface area contributed by atoms with Crippen LogP contribution in [0.15, 0.2) is 0 Å². The van der Waals surface area contributed by atoms with Gasteiger partial charge in [-0.05, 0) is 13.3 Å². The van der Waals surface area contributed by atoms with Crippen LogP contribution in [0.2, 0.25) is 0 Å². The van der Waals surface area contributed by atoms with Crippen molar-refractivity contribution in [3.63, 3.8) is 0 Å². The molecule has 2 nitrogen and oxygen atoms in total. The molecule has 2 rings (SSSR count). The van der Waals surface area contributed by atoms with Crippen LogP contribution in [0.1, 0.15) is 19.8 Å². The fraction of sp³-hybridized carbons (Fsp3) is 0.800. The van der Waals surface area contributed by atoms with Gasteiger partial charge < -0.3 is 4.74 Å². The van der Waals surface area contributed by atoms with Crippen LogP contribution in [0, 0.1) is 11.8 Å². The van der Waals surface area contributed by atoms with Crippen LogP contribution in [0.3, 0.4) is 0 Å². The second-order valence-corrected chi connectivity index (χ2v) is 3.43. The smallest absolute Gasteiger partial charge is 0.0747 e. The van der Waals surface area contributed by atoms with Crippen LogP contribution in [-0.4, -0.2) is 36.7 Å². The fourth-order valence-electron chi connectivity index (χ4n) is 1.81. The molecular weight excluding hydrogens is 150 g/mol. The standard InChI is InChI=1S/C10H15NO/c1-2-3-4-5-11-6-7-12-10-8-9(10)11/h9-10H,4-8H2,1H3. The Balaban J connectivity index is 1.75. The lowest BCUT2D eigenvalue weighted by Crippen LogP contribution is -2.37. The number of fused-ring (bicyclic) bond motifs is 1. The molecule has 1 aliphatic heterocycles. The molecule has 2 aliphatic rings. The largest absolute Gasteiger partial charge is 0.375 e. The van der Waals surface area contributed by atoms with Gasteiger partial charge in [-0.1, -0.05) is 0 Å². The summed E-state index contributed by atoms with van der Waals surface area (Å²) in [4.78, 5) is 2.51. The molecule has 2 heteroatoms. The minimum Gasteiger partial charge on any atom is -0.375 e. The van der Waals surface area contributed by atoms with Crippen molar-refractivity contribution in [1.82, 2.24) is 4.90 Å². The molecule has 1 saturated heterocycles. The molecule has 2 atom stereocenters. The van der Waals surface area contributed by atoms with Crippen molar-refractivity contribution in [2.75, 3.05) is 19.7 Å². The summed E-state index contributed by atoms with van der Waals surface area (Å²) in [6, 6.07) is 0.734. The Bertz CT molecular complexity index is 216. The van der Waals surface area contributed by atoms with Gasteiger partial charge in [0.1, 0.15) is 0 Å². The predicted molar refractivity (Wildman–Crippen MR) is 47.8 cm³/mol. The zero-order chi connectivity index (χ0) is 8.39. The molecule has 0 bridgehead atoms. The predicted octanol–water partition coefficient (Wildman–Crippen LogP) is 0.873. The number of nitrogens with zero attached hydrogens (tertiary/aromatic N) is 1. The van der Waals surface area contributed by atoms with Gasteiger partial charge in [-0.2, -0.15) is 0 Å². The van der Waals surface area contributed by atoms with E-state index in [0.717, 1.165) is 32.2 Å². The van der Waals surface area contributed by atoms with Crippen LogP contribution in [0.25, 0.3) is 0 Å². The molecule has 1 aliphatic carbocycles. The second-order valence-electron chi connectivity index (χ2n) is 3.43. The van der Waals surface area contributed by atoms with E-state index in [1.807, 2.05) is 6.92 Å². The normalized spacial score (nSPS) is 33.4. The Morgan fingerprint density at radius 1 is 1.58 bits per heavy atom. The van der Waals surface area contributed by atoms with E-state index < -0.39 is 0 Å². The summed E-state index contributed by atoms with van der Waals surface area (Å²) in [5, 5.41) is 0. The van der Waals surface area contributed by atoms with Gasteiger partial charge in [0.15, 0.2) is 0 Å². The van der Waals surface area contributed by atoms with Gasteiger partial charge in [0.05, 0.1) is 12.7 Å². The molecule has 0 spiro atoms. The summed E-state index contributed by atoms with van der Waals surface area (Å²) in [5.74, 6) is 6.03. The highest BCUT2D eigenvalue weighted by Crippen LogP contribution is 2.34. The van der Waals surface area contributed by atoms with Crippen molar-refractivity contribution in [3.05, 3.63) is 0 Å². The third kappa shape index (κ3) is 1.63. The van der Waals surface area contributed by atoms with E-state index in [0.29, 0.717) is 6.10 Å². The molecule has 2 fully saturated rings. The van der Waals surface area contributed by atoms with E-state index in [1.54, 1.807) is 0 Å². The molecule has 0 radical (unpaired) electrons. The first-order valence-electron chi connectivity index (χ1n) is 4.67. The van der Waals surface area contributed by atoms with E-state index in [-0.39, 0.29) is 0 Å². The third-order valence-corrected chi connectivity index (χ3v) is 2.58. The van der Waals surface area contributed by atoms with Crippen molar-refractivity contribution in [3.8, 4) is 11.8 Å². The first kappa shape index (κ1) is 8.10. The highest BCUT2D eigenvalue weighted by molar-refractivity contribution is 5.01. The third-order valence-electron chi connectivity index (χ3n) is 2.58. The molecule has 12 heavy (non-hydrogen) atoms. The Labute approximate surface area is 73.9 Å². The zero-order valence-corrected chi connectivity index (χ0v) is 7.55. The van der Waals surface area contributed by atoms with Crippen molar-refractivity contribution in [2.24, 2.45) is 0 Å². The minimum atomic E-state index is 0.563. The van der Waals surface area contributed by atoms with Crippen molar-refractivity contribution >= 4 is 0 Å². The van der Waals surface area contributed by atoms with Gasteiger partial charge in [0.25, 0.3) is 0 Å². The van der Waals surface area contributed by atoms with Gasteiger partial charge >= 0.3 is 0 Å². The number of hydrogen-bond donors (Lipinski definition) is 0. The average molecular weight is 165 g/mol. The maximum atomic E-state index is 5.51. The lowest BCUT2D eigenvalue weighted by Gasteiger charge is -2.25. The first-order valence-corrected chi connectivity index (χ1v) is 4.67. The Morgan fingerprint density at radius 2 is 2.50 bits per heavy atom. The van der Waals surface area contributed by atoms with Crippen LogP contribution in [0.4, 0.5) is 0 Å². The van der Waals surface area contributed by atoms with Gasteiger partial charge in [0, 0.05) is 25.6 Å². The topological polar surface area (TPSA) is 12.5 Å². The molecule has 0 aromatic rings. The Morgan fingerprint density at radius 3 is 3.33 bits per heavy atom. The number of morpholine rings is 1. The maximum absolute atomic E-state index is 5.51. The molecule has 0 aromatic carbocycles. The van der Waals surface area contributed by atoms with Crippen LogP contribution >= 0.6 is 0 Å². The first-order chi connectivity index (χ1) is 5.92. The Kier molecular flexibility index (Phi) is 2.34. The molecule has 0 amide bonds. The van der Waals surface area contributed by atoms with E-state index >= 15 is 0 Å². The molecule has 66 valence electrons. The van der Waals surface area contributed by atoms with Crippen molar-refractivity contribution < 1.29 is 4.74 Å². The monoisotopic (exact) mass is 165 g/mol. The fourth-order valence-corrected chi connectivity index (χ4v) is 1.81. The lowest BCUT2D eigenvalue weighted by molar-refractivity contribution is 0.0322. The minimum absolute atomic E-state index is 0.563. The van der Waals surface area contributed by atoms with Gasteiger partial charge in [-0.3, -0.25) is 4.90 Å². The highest BCUT2D eigenvalue weighted by Gasteiger charge is 2.45. The average Bonchev–Trinajstić information content (AvgIpc) is 2.84. The quantitative estimate of drug-likeness (QED) is 0.563. The van der Waals surface area contributed by atoms with E-state index in [1.165, 1.54) is 6.42 Å². The van der Waals surface area contributed by atoms with E-state index in [9.17, 15) is 0 Å². The zero-order valence-electron chi connectivity index (χ0n) is 7.55. The summed E-state index contributed by atoms with van der Waals surface area (Å²) in [7, 11) is 0. The molecule has 1 saturated carbocycles. The Hall–Kier alpha value is -0.520. The van der Waals surface area contributed by atoms with Gasteiger partial charge in [0.2, 0.25) is 0 Å². The number of rotatable bonds is 2. The van der Waals surface area contributed by atoms with Crippen LogP contribution in [-0.2, 0) is 4.74 Å². The van der Waals surface area contributed by atoms with Gasteiger partial charge in [-0.25, -0.2) is 0 Å². The molecular formula is C10H15NO.